The van der Waals surface area contributed by atoms with E-state index in [1.807, 2.05) is 0 Å². The summed E-state index contributed by atoms with van der Waals surface area (Å²) in [5, 5.41) is 2.40. The van der Waals surface area contributed by atoms with Crippen LogP contribution in [0.1, 0.15) is 0 Å². The zero-order valence-corrected chi connectivity index (χ0v) is 13.2. The second-order valence-electron chi connectivity index (χ2n) is 4.02. The minimum Gasteiger partial charge on any atom is -0.468 e. The molecule has 1 aromatic rings. The largest absolute Gasteiger partial charge is 0.468 e. The Kier molecular flexibility index (Phi) is 5.82. The molecule has 0 radical (unpaired) electrons. The molecule has 3 N–H and O–H groups in total. The molecule has 0 aromatic heterocycles. The Morgan fingerprint density at radius 1 is 1.24 bits per heavy atom. The van der Waals surface area contributed by atoms with Crippen LogP contribution in [0.25, 0.3) is 0 Å². The van der Waals surface area contributed by atoms with Gasteiger partial charge in [-0.3, -0.25) is 9.59 Å². The first-order valence-corrected chi connectivity index (χ1v) is 8.04. The van der Waals surface area contributed by atoms with Gasteiger partial charge in [-0.25, -0.2) is 8.42 Å². The van der Waals surface area contributed by atoms with Crippen LogP contribution in [0.15, 0.2) is 12.1 Å². The number of hydrogen-bond donors (Lipinski definition) is 2. The number of esters is 1. The van der Waals surface area contributed by atoms with E-state index in [9.17, 15) is 18.0 Å². The molecule has 0 unspecified atom stereocenters. The molecule has 0 aliphatic carbocycles. The lowest BCUT2D eigenvalue weighted by molar-refractivity contribution is -0.137. The fraction of sp³-hybridized carbons (Fsp3) is 0.273. The molecule has 1 amide bonds. The van der Waals surface area contributed by atoms with E-state index in [2.05, 4.69) is 10.1 Å². The van der Waals surface area contributed by atoms with Crippen molar-refractivity contribution in [2.75, 3.05) is 29.7 Å². The van der Waals surface area contributed by atoms with Crippen molar-refractivity contribution in [3.8, 4) is 0 Å². The number of sulfone groups is 1. The van der Waals surface area contributed by atoms with Crippen molar-refractivity contribution < 1.29 is 22.7 Å². The van der Waals surface area contributed by atoms with Gasteiger partial charge < -0.3 is 15.8 Å². The van der Waals surface area contributed by atoms with E-state index in [0.29, 0.717) is 5.69 Å². The summed E-state index contributed by atoms with van der Waals surface area (Å²) in [6, 6.07) is 2.71. The molecule has 1 aromatic carbocycles. The molecule has 0 saturated carbocycles. The standard InChI is InChI=1S/C11H12Cl2N2O5S/c1-20-10(17)5-21(18,19)4-9(16)15-11-7(12)2-6(14)3-8(11)13/h2-3H,4-5,14H2,1H3,(H,15,16). The zero-order chi connectivity index (χ0) is 16.2. The Morgan fingerprint density at radius 3 is 2.24 bits per heavy atom. The minimum atomic E-state index is -3.94. The molecular formula is C11H12Cl2N2O5S. The number of ether oxygens (including phenoxy) is 1. The van der Waals surface area contributed by atoms with Crippen molar-refractivity contribution in [1.82, 2.24) is 0 Å². The van der Waals surface area contributed by atoms with Gasteiger partial charge in [-0.2, -0.15) is 0 Å². The highest BCUT2D eigenvalue weighted by Gasteiger charge is 2.22. The quantitative estimate of drug-likeness (QED) is 0.604. The van der Waals surface area contributed by atoms with Crippen molar-refractivity contribution >= 4 is 56.3 Å². The highest BCUT2D eigenvalue weighted by Crippen LogP contribution is 2.32. The maximum atomic E-state index is 11.7. The molecule has 0 saturated heterocycles. The summed E-state index contributed by atoms with van der Waals surface area (Å²) < 4.78 is 27.4. The Labute approximate surface area is 131 Å². The number of nitrogens with one attached hydrogen (secondary N) is 1. The van der Waals surface area contributed by atoms with E-state index in [1.54, 1.807) is 0 Å². The van der Waals surface area contributed by atoms with E-state index >= 15 is 0 Å². The van der Waals surface area contributed by atoms with Gasteiger partial charge in [-0.1, -0.05) is 23.2 Å². The number of carbonyl (C=O) groups excluding carboxylic acids is 2. The maximum absolute atomic E-state index is 11.7. The molecule has 0 aliphatic rings. The molecule has 7 nitrogen and oxygen atoms in total. The summed E-state index contributed by atoms with van der Waals surface area (Å²) in [4.78, 5) is 22.6. The van der Waals surface area contributed by atoms with Crippen LogP contribution in [0.3, 0.4) is 0 Å². The number of methoxy groups -OCH3 is 1. The van der Waals surface area contributed by atoms with Gasteiger partial charge in [0.15, 0.2) is 9.84 Å². The molecule has 0 atom stereocenters. The Morgan fingerprint density at radius 2 is 1.76 bits per heavy atom. The smallest absolute Gasteiger partial charge is 0.320 e. The van der Waals surface area contributed by atoms with E-state index in [4.69, 9.17) is 28.9 Å². The number of nitrogens with two attached hydrogens (primary N) is 1. The molecule has 1 rings (SSSR count). The van der Waals surface area contributed by atoms with E-state index in [0.717, 1.165) is 7.11 Å². The summed E-state index contributed by atoms with van der Waals surface area (Å²) in [7, 11) is -2.90. The average Bonchev–Trinajstić information content (AvgIpc) is 2.32. The second kappa shape index (κ2) is 6.97. The van der Waals surface area contributed by atoms with Crippen LogP contribution in [0.5, 0.6) is 0 Å². The van der Waals surface area contributed by atoms with E-state index in [1.165, 1.54) is 12.1 Å². The molecule has 0 aliphatic heterocycles. The van der Waals surface area contributed by atoms with Gasteiger partial charge in [0.2, 0.25) is 5.91 Å². The van der Waals surface area contributed by atoms with Crippen LogP contribution >= 0.6 is 23.2 Å². The van der Waals surface area contributed by atoms with Crippen molar-refractivity contribution in [1.29, 1.82) is 0 Å². The number of benzene rings is 1. The van der Waals surface area contributed by atoms with Crippen LogP contribution in [-0.2, 0) is 24.2 Å². The number of halogens is 2. The highest BCUT2D eigenvalue weighted by atomic mass is 35.5. The third-order valence-corrected chi connectivity index (χ3v) is 4.22. The summed E-state index contributed by atoms with van der Waals surface area (Å²) in [5.41, 5.74) is 5.84. The van der Waals surface area contributed by atoms with Crippen LogP contribution in [0, 0.1) is 0 Å². The first kappa shape index (κ1) is 17.5. The SMILES string of the molecule is COC(=O)CS(=O)(=O)CC(=O)Nc1c(Cl)cc(N)cc1Cl. The lowest BCUT2D eigenvalue weighted by Gasteiger charge is -2.10. The van der Waals surface area contributed by atoms with Crippen LogP contribution in [0.2, 0.25) is 10.0 Å². The zero-order valence-electron chi connectivity index (χ0n) is 10.9. The van der Waals surface area contributed by atoms with Crippen LogP contribution < -0.4 is 11.1 Å². The molecule has 0 spiro atoms. The second-order valence-corrected chi connectivity index (χ2v) is 6.89. The molecule has 116 valence electrons. The van der Waals surface area contributed by atoms with Gasteiger partial charge in [0.05, 0.1) is 22.8 Å². The van der Waals surface area contributed by atoms with E-state index in [-0.39, 0.29) is 15.7 Å². The number of rotatable bonds is 5. The Bertz CT molecular complexity index is 652. The van der Waals surface area contributed by atoms with Crippen molar-refractivity contribution in [2.45, 2.75) is 0 Å². The van der Waals surface area contributed by atoms with Crippen molar-refractivity contribution in [3.63, 3.8) is 0 Å². The van der Waals surface area contributed by atoms with E-state index < -0.39 is 33.2 Å². The Balaban J connectivity index is 2.82. The van der Waals surface area contributed by atoms with Crippen LogP contribution in [-0.4, -0.2) is 38.9 Å². The summed E-state index contributed by atoms with van der Waals surface area (Å²) in [5.74, 6) is -3.63. The number of amides is 1. The number of anilines is 2. The van der Waals surface area contributed by atoms with Crippen LogP contribution in [0.4, 0.5) is 11.4 Å². The van der Waals surface area contributed by atoms with Gasteiger partial charge in [-0.15, -0.1) is 0 Å². The summed E-state index contributed by atoms with van der Waals surface area (Å²) in [6.45, 7) is 0. The predicted octanol–water partition coefficient (Wildman–Crippen LogP) is 1.10. The lowest BCUT2D eigenvalue weighted by Crippen LogP contribution is -2.28. The predicted molar refractivity (Wildman–Crippen MR) is 80.2 cm³/mol. The fourth-order valence-corrected chi connectivity index (χ4v) is 3.03. The molecule has 0 heterocycles. The molecule has 21 heavy (non-hydrogen) atoms. The summed E-state index contributed by atoms with van der Waals surface area (Å²) in [6.07, 6.45) is 0. The number of nitrogen functional groups attached to an aromatic ring is 1. The molecule has 0 bridgehead atoms. The highest BCUT2D eigenvalue weighted by molar-refractivity contribution is 7.92. The average molecular weight is 355 g/mol. The lowest BCUT2D eigenvalue weighted by atomic mass is 10.3. The van der Waals surface area contributed by atoms with Gasteiger partial charge in [-0.05, 0) is 12.1 Å². The van der Waals surface area contributed by atoms with Crippen molar-refractivity contribution in [2.24, 2.45) is 0 Å². The van der Waals surface area contributed by atoms with Gasteiger partial charge in [0.25, 0.3) is 0 Å². The minimum absolute atomic E-state index is 0.0470. The third kappa shape index (κ3) is 5.41. The first-order valence-electron chi connectivity index (χ1n) is 5.46. The monoisotopic (exact) mass is 354 g/mol. The van der Waals surface area contributed by atoms with Gasteiger partial charge in [0.1, 0.15) is 11.5 Å². The number of carbonyl (C=O) groups is 2. The first-order chi connectivity index (χ1) is 9.64. The number of hydrogen-bond acceptors (Lipinski definition) is 6. The normalized spacial score (nSPS) is 11.0. The molecule has 0 fully saturated rings. The third-order valence-electron chi connectivity index (χ3n) is 2.25. The molecule has 10 heteroatoms. The maximum Gasteiger partial charge on any atom is 0.320 e. The fourth-order valence-electron chi connectivity index (χ4n) is 1.38. The van der Waals surface area contributed by atoms with Crippen molar-refractivity contribution in [3.05, 3.63) is 22.2 Å². The summed E-state index contributed by atoms with van der Waals surface area (Å²) >= 11 is 11.7. The van der Waals surface area contributed by atoms with Gasteiger partial charge >= 0.3 is 5.97 Å². The Hall–Kier alpha value is -1.51. The topological polar surface area (TPSA) is 116 Å². The molecular weight excluding hydrogens is 343 g/mol. The van der Waals surface area contributed by atoms with Gasteiger partial charge in [0, 0.05) is 5.69 Å².